The van der Waals surface area contributed by atoms with Crippen LogP contribution in [0.1, 0.15) is 18.9 Å². The third kappa shape index (κ3) is 2.99. The molecular weight excluding hydrogens is 347 g/mol. The predicted octanol–water partition coefficient (Wildman–Crippen LogP) is 2.92. The highest BCUT2D eigenvalue weighted by atomic mass is 79.9. The van der Waals surface area contributed by atoms with Crippen molar-refractivity contribution in [3.8, 4) is 0 Å². The number of hydrogen-bond acceptors (Lipinski definition) is 3. The molecule has 0 spiro atoms. The molecule has 1 heterocycles. The first-order valence-electron chi connectivity index (χ1n) is 6.40. The van der Waals surface area contributed by atoms with Crippen molar-refractivity contribution in [2.75, 3.05) is 0 Å². The molecule has 8 heteroatoms. The lowest BCUT2D eigenvalue weighted by molar-refractivity contribution is -0.524. The average Bonchev–Trinajstić information content (AvgIpc) is 2.72. The highest BCUT2D eigenvalue weighted by Gasteiger charge is 2.48. The largest absolute Gasteiger partial charge is 0.465 e. The van der Waals surface area contributed by atoms with Crippen molar-refractivity contribution in [1.29, 1.82) is 0 Å². The van der Waals surface area contributed by atoms with Crippen LogP contribution >= 0.6 is 15.9 Å². The number of nitro groups is 1. The fourth-order valence-electron chi connectivity index (χ4n) is 2.86. The summed E-state index contributed by atoms with van der Waals surface area (Å²) in [5, 5.41) is 20.4. The molecule has 1 N–H and O–H groups in total. The molecule has 114 valence electrons. The van der Waals surface area contributed by atoms with Gasteiger partial charge in [-0.05, 0) is 34.5 Å². The maximum absolute atomic E-state index is 14.0. The zero-order chi connectivity index (χ0) is 15.7. The summed E-state index contributed by atoms with van der Waals surface area (Å²) in [5.41, 5.74) is 0.265. The van der Waals surface area contributed by atoms with E-state index in [2.05, 4.69) is 15.9 Å². The Kier molecular flexibility index (Phi) is 4.46. The van der Waals surface area contributed by atoms with Crippen molar-refractivity contribution in [2.24, 2.45) is 0 Å². The number of rotatable bonds is 3. The predicted molar refractivity (Wildman–Crippen MR) is 76.3 cm³/mol. The lowest BCUT2D eigenvalue weighted by Gasteiger charge is -2.25. The Balaban J connectivity index is 2.34. The van der Waals surface area contributed by atoms with E-state index in [-0.39, 0.29) is 22.9 Å². The Bertz CT molecular complexity index is 583. The minimum Gasteiger partial charge on any atom is -0.465 e. The van der Waals surface area contributed by atoms with Crippen LogP contribution in [0.5, 0.6) is 0 Å². The summed E-state index contributed by atoms with van der Waals surface area (Å²) < 4.78 is 14.3. The van der Waals surface area contributed by atoms with Crippen LogP contribution in [0.15, 0.2) is 22.7 Å². The quantitative estimate of drug-likeness (QED) is 0.663. The highest BCUT2D eigenvalue weighted by molar-refractivity contribution is 9.10. The first-order chi connectivity index (χ1) is 9.82. The van der Waals surface area contributed by atoms with E-state index >= 15 is 0 Å². The number of amides is 1. The summed E-state index contributed by atoms with van der Waals surface area (Å²) in [7, 11) is 0. The number of hydrogen-bond donors (Lipinski definition) is 1. The van der Waals surface area contributed by atoms with Crippen LogP contribution < -0.4 is 0 Å². The molecule has 1 fully saturated rings. The average molecular weight is 361 g/mol. The van der Waals surface area contributed by atoms with Gasteiger partial charge in [0.05, 0.1) is 4.47 Å². The number of nitrogens with zero attached hydrogens (tertiary/aromatic N) is 2. The van der Waals surface area contributed by atoms with Gasteiger partial charge in [0.25, 0.3) is 0 Å². The number of benzene rings is 1. The summed E-state index contributed by atoms with van der Waals surface area (Å²) in [6.07, 6.45) is -1.10. The molecule has 0 saturated carbocycles. The summed E-state index contributed by atoms with van der Waals surface area (Å²) in [4.78, 5) is 23.1. The van der Waals surface area contributed by atoms with Gasteiger partial charge in [-0.3, -0.25) is 15.0 Å². The Morgan fingerprint density at radius 1 is 1.62 bits per heavy atom. The van der Waals surface area contributed by atoms with Crippen LogP contribution in [-0.4, -0.2) is 39.1 Å². The summed E-state index contributed by atoms with van der Waals surface area (Å²) in [6.45, 7) is 1.63. The lowest BCUT2D eigenvalue weighted by Crippen LogP contribution is -2.44. The first kappa shape index (κ1) is 15.7. The van der Waals surface area contributed by atoms with Gasteiger partial charge in [0, 0.05) is 23.8 Å². The first-order valence-corrected chi connectivity index (χ1v) is 7.20. The number of halogens is 2. The standard InChI is InChI=1S/C13H14BrFN2O4/c1-7-5-11(17(20)21)10(16(7)13(18)19)6-8-3-2-4-9(14)12(8)15/h2-4,7,10-11H,5-6H2,1H3,(H,18,19)/t7-,10?,11?/m1/s1. The summed E-state index contributed by atoms with van der Waals surface area (Å²) >= 11 is 3.06. The van der Waals surface area contributed by atoms with Gasteiger partial charge in [0.2, 0.25) is 6.04 Å². The second-order valence-electron chi connectivity index (χ2n) is 5.11. The van der Waals surface area contributed by atoms with Crippen molar-refractivity contribution in [1.82, 2.24) is 4.90 Å². The summed E-state index contributed by atoms with van der Waals surface area (Å²) in [6, 6.07) is 2.31. The van der Waals surface area contributed by atoms with Crippen molar-refractivity contribution in [3.63, 3.8) is 0 Å². The Morgan fingerprint density at radius 2 is 2.29 bits per heavy atom. The smallest absolute Gasteiger partial charge is 0.408 e. The van der Waals surface area contributed by atoms with Gasteiger partial charge in [-0.15, -0.1) is 0 Å². The fraction of sp³-hybridized carbons (Fsp3) is 0.462. The Labute approximate surface area is 128 Å². The maximum Gasteiger partial charge on any atom is 0.408 e. The number of carboxylic acid groups (broad SMARTS) is 1. The van der Waals surface area contributed by atoms with E-state index in [1.165, 1.54) is 12.1 Å². The molecule has 1 aromatic rings. The Hall–Kier alpha value is -1.70. The molecular formula is C13H14BrFN2O4. The minimum absolute atomic E-state index is 0.0203. The molecule has 1 aliphatic rings. The van der Waals surface area contributed by atoms with E-state index in [9.17, 15) is 24.4 Å². The monoisotopic (exact) mass is 360 g/mol. The molecule has 1 aliphatic heterocycles. The van der Waals surface area contributed by atoms with Gasteiger partial charge in [-0.2, -0.15) is 0 Å². The zero-order valence-corrected chi connectivity index (χ0v) is 12.8. The molecule has 0 bridgehead atoms. The van der Waals surface area contributed by atoms with E-state index in [0.717, 1.165) is 4.90 Å². The van der Waals surface area contributed by atoms with Gasteiger partial charge in [-0.1, -0.05) is 12.1 Å². The van der Waals surface area contributed by atoms with E-state index in [1.54, 1.807) is 13.0 Å². The molecule has 1 aromatic carbocycles. The molecule has 2 unspecified atom stereocenters. The van der Waals surface area contributed by atoms with E-state index < -0.39 is 35.0 Å². The van der Waals surface area contributed by atoms with Gasteiger partial charge in [0.1, 0.15) is 11.9 Å². The topological polar surface area (TPSA) is 83.7 Å². The van der Waals surface area contributed by atoms with Crippen LogP contribution in [0.2, 0.25) is 0 Å². The third-order valence-corrected chi connectivity index (χ3v) is 4.42. The molecule has 1 saturated heterocycles. The van der Waals surface area contributed by atoms with Crippen molar-refractivity contribution >= 4 is 22.0 Å². The molecule has 0 aliphatic carbocycles. The molecule has 1 amide bonds. The molecule has 21 heavy (non-hydrogen) atoms. The molecule has 2 rings (SSSR count). The van der Waals surface area contributed by atoms with Crippen LogP contribution in [0.25, 0.3) is 0 Å². The lowest BCUT2D eigenvalue weighted by atomic mass is 10.00. The van der Waals surface area contributed by atoms with Crippen molar-refractivity contribution in [2.45, 2.75) is 37.9 Å². The Morgan fingerprint density at radius 3 is 2.86 bits per heavy atom. The van der Waals surface area contributed by atoms with Gasteiger partial charge in [-0.25, -0.2) is 9.18 Å². The van der Waals surface area contributed by atoms with Gasteiger partial charge >= 0.3 is 6.09 Å². The second-order valence-corrected chi connectivity index (χ2v) is 5.97. The van der Waals surface area contributed by atoms with Crippen LogP contribution in [0, 0.1) is 15.9 Å². The highest BCUT2D eigenvalue weighted by Crippen LogP contribution is 2.30. The SMILES string of the molecule is C[C@@H]1CC([N+](=O)[O-])C(Cc2cccc(Br)c2F)N1C(=O)O. The molecule has 6 nitrogen and oxygen atoms in total. The van der Waals surface area contributed by atoms with Gasteiger partial charge < -0.3 is 5.11 Å². The van der Waals surface area contributed by atoms with E-state index in [0.29, 0.717) is 0 Å². The van der Waals surface area contributed by atoms with Crippen LogP contribution in [0.4, 0.5) is 9.18 Å². The van der Waals surface area contributed by atoms with Crippen molar-refractivity contribution in [3.05, 3.63) is 44.2 Å². The number of likely N-dealkylation sites (tertiary alicyclic amines) is 1. The van der Waals surface area contributed by atoms with Crippen LogP contribution in [0.3, 0.4) is 0 Å². The molecule has 0 aromatic heterocycles. The minimum atomic E-state index is -1.22. The zero-order valence-electron chi connectivity index (χ0n) is 11.2. The number of carbonyl (C=O) groups is 1. The second kappa shape index (κ2) is 5.97. The third-order valence-electron chi connectivity index (χ3n) is 3.81. The fourth-order valence-corrected chi connectivity index (χ4v) is 3.26. The normalized spacial score (nSPS) is 25.1. The van der Waals surface area contributed by atoms with Gasteiger partial charge in [0.15, 0.2) is 0 Å². The van der Waals surface area contributed by atoms with Crippen molar-refractivity contribution < 1.29 is 19.2 Å². The molecule has 3 atom stereocenters. The van der Waals surface area contributed by atoms with Crippen LogP contribution in [-0.2, 0) is 6.42 Å². The molecule has 0 radical (unpaired) electrons. The van der Waals surface area contributed by atoms with E-state index in [1.807, 2.05) is 0 Å². The maximum atomic E-state index is 14.0. The summed E-state index contributed by atoms with van der Waals surface area (Å²) in [5.74, 6) is -0.510. The van der Waals surface area contributed by atoms with E-state index in [4.69, 9.17) is 0 Å².